The number of halogens is 1. The number of hydrogen-bond donors (Lipinski definition) is 0. The van der Waals surface area contributed by atoms with Crippen LogP contribution in [0.1, 0.15) is 25.0 Å². The fraction of sp³-hybridized carbons (Fsp3) is 0.364. The maximum Gasteiger partial charge on any atom is 0.134 e. The van der Waals surface area contributed by atoms with Crippen molar-refractivity contribution in [2.45, 2.75) is 26.7 Å². The summed E-state index contributed by atoms with van der Waals surface area (Å²) in [6, 6.07) is 6.14. The van der Waals surface area contributed by atoms with Crippen LogP contribution >= 0.6 is 22.6 Å². The van der Waals surface area contributed by atoms with E-state index < -0.39 is 0 Å². The van der Waals surface area contributed by atoms with Gasteiger partial charge in [0.2, 0.25) is 0 Å². The summed E-state index contributed by atoms with van der Waals surface area (Å²) < 4.78 is 1.26. The summed E-state index contributed by atoms with van der Waals surface area (Å²) in [5.74, 6) is 0.233. The molecule has 0 atom stereocenters. The van der Waals surface area contributed by atoms with Crippen molar-refractivity contribution in [2.24, 2.45) is 0 Å². The Morgan fingerprint density at radius 1 is 1.46 bits per heavy atom. The summed E-state index contributed by atoms with van der Waals surface area (Å²) in [6.07, 6.45) is 1.57. The van der Waals surface area contributed by atoms with E-state index in [0.717, 1.165) is 6.42 Å². The Morgan fingerprint density at radius 3 is 2.69 bits per heavy atom. The van der Waals surface area contributed by atoms with E-state index in [1.54, 1.807) is 6.92 Å². The van der Waals surface area contributed by atoms with Gasteiger partial charge in [-0.05, 0) is 53.1 Å². The van der Waals surface area contributed by atoms with Crippen molar-refractivity contribution in [1.29, 1.82) is 0 Å². The number of carbonyl (C=O) groups is 1. The first kappa shape index (κ1) is 10.7. The lowest BCUT2D eigenvalue weighted by molar-refractivity contribution is -0.116. The van der Waals surface area contributed by atoms with E-state index in [9.17, 15) is 4.79 Å². The lowest BCUT2D eigenvalue weighted by Gasteiger charge is -2.07. The van der Waals surface area contributed by atoms with Crippen LogP contribution in [0.25, 0.3) is 0 Å². The standard InChI is InChI=1S/C11H13IO/c1-3-10-9(7-8(2)13)5-4-6-11(10)12/h4-6H,3,7H2,1-2H3. The molecule has 0 saturated carbocycles. The van der Waals surface area contributed by atoms with Crippen LogP contribution in [-0.2, 0) is 17.6 Å². The second kappa shape index (κ2) is 4.74. The molecule has 0 radical (unpaired) electrons. The van der Waals surface area contributed by atoms with E-state index in [0.29, 0.717) is 6.42 Å². The molecular formula is C11H13IO. The predicted octanol–water partition coefficient (Wildman–Crippen LogP) is 2.99. The van der Waals surface area contributed by atoms with Crippen molar-refractivity contribution in [3.8, 4) is 0 Å². The predicted molar refractivity (Wildman–Crippen MR) is 62.9 cm³/mol. The normalized spacial score (nSPS) is 10.1. The Bertz CT molecular complexity index is 318. The fourth-order valence-electron chi connectivity index (χ4n) is 1.43. The monoisotopic (exact) mass is 288 g/mol. The van der Waals surface area contributed by atoms with E-state index >= 15 is 0 Å². The third-order valence-electron chi connectivity index (χ3n) is 2.01. The van der Waals surface area contributed by atoms with Crippen LogP contribution in [0.15, 0.2) is 18.2 Å². The molecule has 13 heavy (non-hydrogen) atoms. The summed E-state index contributed by atoms with van der Waals surface area (Å²) in [6.45, 7) is 3.76. The molecule has 0 aromatic heterocycles. The van der Waals surface area contributed by atoms with Crippen molar-refractivity contribution in [3.05, 3.63) is 32.9 Å². The van der Waals surface area contributed by atoms with Gasteiger partial charge in [-0.2, -0.15) is 0 Å². The Kier molecular flexibility index (Phi) is 3.90. The minimum Gasteiger partial charge on any atom is -0.300 e. The Labute approximate surface area is 92.7 Å². The third kappa shape index (κ3) is 2.79. The number of rotatable bonds is 3. The third-order valence-corrected chi connectivity index (χ3v) is 3.02. The summed E-state index contributed by atoms with van der Waals surface area (Å²) in [4.78, 5) is 11.0. The lowest BCUT2D eigenvalue weighted by Crippen LogP contribution is -2.01. The molecule has 1 nitrogen and oxygen atoms in total. The molecule has 0 fully saturated rings. The molecule has 0 saturated heterocycles. The van der Waals surface area contributed by atoms with Crippen molar-refractivity contribution >= 4 is 28.4 Å². The molecule has 0 spiro atoms. The molecule has 0 aliphatic rings. The number of ketones is 1. The van der Waals surface area contributed by atoms with Gasteiger partial charge in [0.15, 0.2) is 0 Å². The van der Waals surface area contributed by atoms with Crippen LogP contribution in [0.4, 0.5) is 0 Å². The molecule has 0 aliphatic carbocycles. The number of benzene rings is 1. The van der Waals surface area contributed by atoms with Crippen LogP contribution in [-0.4, -0.2) is 5.78 Å². The SMILES string of the molecule is CCc1c(I)cccc1CC(C)=O. The minimum absolute atomic E-state index is 0.233. The van der Waals surface area contributed by atoms with E-state index in [1.807, 2.05) is 12.1 Å². The maximum atomic E-state index is 11.0. The van der Waals surface area contributed by atoms with Gasteiger partial charge in [0.05, 0.1) is 0 Å². The second-order valence-electron chi connectivity index (χ2n) is 3.11. The van der Waals surface area contributed by atoms with Crippen molar-refractivity contribution in [2.75, 3.05) is 0 Å². The minimum atomic E-state index is 0.233. The Balaban J connectivity index is 3.05. The topological polar surface area (TPSA) is 17.1 Å². The van der Waals surface area contributed by atoms with E-state index in [2.05, 4.69) is 35.6 Å². The first-order valence-corrected chi connectivity index (χ1v) is 5.48. The zero-order valence-electron chi connectivity index (χ0n) is 7.93. The van der Waals surface area contributed by atoms with Gasteiger partial charge in [-0.3, -0.25) is 4.79 Å². The van der Waals surface area contributed by atoms with Crippen LogP contribution in [0.2, 0.25) is 0 Å². The highest BCUT2D eigenvalue weighted by Crippen LogP contribution is 2.18. The van der Waals surface area contributed by atoms with Gasteiger partial charge in [-0.1, -0.05) is 19.1 Å². The van der Waals surface area contributed by atoms with Crippen LogP contribution < -0.4 is 0 Å². The smallest absolute Gasteiger partial charge is 0.134 e. The first-order chi connectivity index (χ1) is 6.15. The summed E-state index contributed by atoms with van der Waals surface area (Å²) in [5.41, 5.74) is 2.50. The molecule has 2 heteroatoms. The molecule has 0 heterocycles. The largest absolute Gasteiger partial charge is 0.300 e. The van der Waals surface area contributed by atoms with E-state index in [4.69, 9.17) is 0 Å². The van der Waals surface area contributed by atoms with Gasteiger partial charge >= 0.3 is 0 Å². The van der Waals surface area contributed by atoms with Crippen molar-refractivity contribution in [3.63, 3.8) is 0 Å². The van der Waals surface area contributed by atoms with Gasteiger partial charge < -0.3 is 0 Å². The molecule has 1 rings (SSSR count). The highest BCUT2D eigenvalue weighted by molar-refractivity contribution is 14.1. The maximum absolute atomic E-state index is 11.0. The molecule has 0 bridgehead atoms. The number of hydrogen-bond acceptors (Lipinski definition) is 1. The molecule has 70 valence electrons. The second-order valence-corrected chi connectivity index (χ2v) is 4.27. The molecular weight excluding hydrogens is 275 g/mol. The zero-order valence-corrected chi connectivity index (χ0v) is 10.1. The summed E-state index contributed by atoms with van der Waals surface area (Å²) in [7, 11) is 0. The van der Waals surface area contributed by atoms with Gasteiger partial charge in [-0.15, -0.1) is 0 Å². The zero-order chi connectivity index (χ0) is 9.84. The van der Waals surface area contributed by atoms with Gasteiger partial charge in [0.1, 0.15) is 5.78 Å². The summed E-state index contributed by atoms with van der Waals surface area (Å²) in [5, 5.41) is 0. The average molecular weight is 288 g/mol. The van der Waals surface area contributed by atoms with E-state index in [1.165, 1.54) is 14.7 Å². The molecule has 0 amide bonds. The van der Waals surface area contributed by atoms with Crippen LogP contribution in [0, 0.1) is 3.57 Å². The fourth-order valence-corrected chi connectivity index (χ4v) is 2.37. The highest BCUT2D eigenvalue weighted by Gasteiger charge is 2.05. The van der Waals surface area contributed by atoms with Crippen LogP contribution in [0.3, 0.4) is 0 Å². The average Bonchev–Trinajstić information content (AvgIpc) is 2.03. The van der Waals surface area contributed by atoms with Crippen LogP contribution in [0.5, 0.6) is 0 Å². The Hall–Kier alpha value is -0.380. The van der Waals surface area contributed by atoms with Crippen molar-refractivity contribution in [1.82, 2.24) is 0 Å². The molecule has 0 unspecified atom stereocenters. The van der Waals surface area contributed by atoms with Gasteiger partial charge in [0, 0.05) is 9.99 Å². The Morgan fingerprint density at radius 2 is 2.15 bits per heavy atom. The van der Waals surface area contributed by atoms with Gasteiger partial charge in [-0.25, -0.2) is 0 Å². The first-order valence-electron chi connectivity index (χ1n) is 4.40. The van der Waals surface area contributed by atoms with Gasteiger partial charge in [0.25, 0.3) is 0 Å². The van der Waals surface area contributed by atoms with E-state index in [-0.39, 0.29) is 5.78 Å². The quantitative estimate of drug-likeness (QED) is 0.781. The molecule has 1 aromatic rings. The number of Topliss-reactive ketones (excluding diaryl/α,β-unsaturated/α-hetero) is 1. The lowest BCUT2D eigenvalue weighted by atomic mass is 10.0. The molecule has 0 N–H and O–H groups in total. The molecule has 0 aliphatic heterocycles. The highest BCUT2D eigenvalue weighted by atomic mass is 127. The molecule has 1 aromatic carbocycles. The number of carbonyl (C=O) groups excluding carboxylic acids is 1. The summed E-state index contributed by atoms with van der Waals surface area (Å²) >= 11 is 2.32. The van der Waals surface area contributed by atoms with Crippen molar-refractivity contribution < 1.29 is 4.79 Å².